The molecule has 0 saturated carbocycles. The largest absolute Gasteiger partial charge is 0.469 e. The average Bonchev–Trinajstić information content (AvgIpc) is 2.39. The molecule has 4 nitrogen and oxygen atoms in total. The van der Waals surface area contributed by atoms with E-state index in [0.29, 0.717) is 13.0 Å². The van der Waals surface area contributed by atoms with Gasteiger partial charge in [0.2, 0.25) is 0 Å². The zero-order valence-corrected chi connectivity index (χ0v) is 11.2. The van der Waals surface area contributed by atoms with Crippen LogP contribution in [0.3, 0.4) is 0 Å². The Hall–Kier alpha value is -1.39. The van der Waals surface area contributed by atoms with Crippen LogP contribution >= 0.6 is 0 Å². The number of ether oxygens (including phenoxy) is 1. The van der Waals surface area contributed by atoms with E-state index in [-0.39, 0.29) is 5.97 Å². The fourth-order valence-corrected chi connectivity index (χ4v) is 1.88. The lowest BCUT2D eigenvalue weighted by molar-refractivity contribution is -0.140. The molecular weight excluding hydrogens is 228 g/mol. The van der Waals surface area contributed by atoms with Crippen LogP contribution in [0.25, 0.3) is 0 Å². The second kappa shape index (κ2) is 7.84. The molecule has 0 atom stereocenters. The molecule has 0 aliphatic rings. The van der Waals surface area contributed by atoms with Gasteiger partial charge < -0.3 is 15.4 Å². The van der Waals surface area contributed by atoms with Crippen molar-refractivity contribution in [1.29, 1.82) is 0 Å². The Kier molecular flexibility index (Phi) is 6.39. The number of esters is 1. The van der Waals surface area contributed by atoms with Crippen molar-refractivity contribution in [2.24, 2.45) is 5.73 Å². The molecule has 0 bridgehead atoms. The number of methoxy groups -OCH3 is 1. The molecule has 0 aliphatic carbocycles. The zero-order chi connectivity index (χ0) is 13.4. The van der Waals surface area contributed by atoms with Crippen molar-refractivity contribution < 1.29 is 9.53 Å². The Labute approximate surface area is 109 Å². The molecule has 1 rings (SSSR count). The number of carbonyl (C=O) groups is 1. The Balaban J connectivity index is 2.39. The number of hydrogen-bond donors (Lipinski definition) is 1. The van der Waals surface area contributed by atoms with Gasteiger partial charge in [-0.2, -0.15) is 0 Å². The van der Waals surface area contributed by atoms with Gasteiger partial charge in [0, 0.05) is 19.5 Å². The average molecular weight is 250 g/mol. The van der Waals surface area contributed by atoms with Gasteiger partial charge in [-0.15, -0.1) is 0 Å². The number of nitrogens with zero attached hydrogens (tertiary/aromatic N) is 1. The predicted molar refractivity (Wildman–Crippen MR) is 71.9 cm³/mol. The molecule has 0 amide bonds. The molecule has 0 saturated heterocycles. The third kappa shape index (κ3) is 4.85. The Bertz CT molecular complexity index is 380. The summed E-state index contributed by atoms with van der Waals surface area (Å²) in [5, 5.41) is 0. The maximum absolute atomic E-state index is 11.0. The fourth-order valence-electron chi connectivity index (χ4n) is 1.88. The highest BCUT2D eigenvalue weighted by Gasteiger charge is 2.06. The van der Waals surface area contributed by atoms with Crippen molar-refractivity contribution in [3.8, 4) is 0 Å². The van der Waals surface area contributed by atoms with Gasteiger partial charge in [-0.05, 0) is 31.1 Å². The van der Waals surface area contributed by atoms with Crippen LogP contribution in [0.4, 0.5) is 0 Å². The van der Waals surface area contributed by atoms with Crippen molar-refractivity contribution in [2.75, 3.05) is 20.7 Å². The van der Waals surface area contributed by atoms with Crippen LogP contribution < -0.4 is 5.73 Å². The fraction of sp³-hybridized carbons (Fsp3) is 0.500. The molecule has 1 aromatic rings. The van der Waals surface area contributed by atoms with E-state index < -0.39 is 0 Å². The normalized spacial score (nSPS) is 10.7. The van der Waals surface area contributed by atoms with Crippen molar-refractivity contribution >= 4 is 5.97 Å². The summed E-state index contributed by atoms with van der Waals surface area (Å²) >= 11 is 0. The monoisotopic (exact) mass is 250 g/mol. The highest BCUT2D eigenvalue weighted by atomic mass is 16.5. The van der Waals surface area contributed by atoms with Crippen LogP contribution in [0, 0.1) is 0 Å². The van der Waals surface area contributed by atoms with E-state index in [1.807, 2.05) is 19.2 Å². The van der Waals surface area contributed by atoms with Crippen molar-refractivity contribution in [2.45, 2.75) is 25.9 Å². The quantitative estimate of drug-likeness (QED) is 0.746. The minimum absolute atomic E-state index is 0.147. The molecule has 0 unspecified atom stereocenters. The van der Waals surface area contributed by atoms with E-state index in [4.69, 9.17) is 5.73 Å². The molecule has 0 radical (unpaired) electrons. The number of hydrogen-bond acceptors (Lipinski definition) is 4. The SMILES string of the molecule is COC(=O)CCCN(C)Cc1ccccc1CN. The third-order valence-corrected chi connectivity index (χ3v) is 2.93. The Morgan fingerprint density at radius 3 is 2.61 bits per heavy atom. The smallest absolute Gasteiger partial charge is 0.305 e. The summed E-state index contributed by atoms with van der Waals surface area (Å²) < 4.78 is 4.61. The summed E-state index contributed by atoms with van der Waals surface area (Å²) in [6.07, 6.45) is 1.29. The summed E-state index contributed by atoms with van der Waals surface area (Å²) in [4.78, 5) is 13.2. The van der Waals surface area contributed by atoms with Crippen LogP contribution in [-0.4, -0.2) is 31.6 Å². The van der Waals surface area contributed by atoms with Gasteiger partial charge in [0.25, 0.3) is 0 Å². The van der Waals surface area contributed by atoms with E-state index in [1.54, 1.807) is 0 Å². The summed E-state index contributed by atoms with van der Waals surface area (Å²) in [5.41, 5.74) is 8.13. The lowest BCUT2D eigenvalue weighted by Crippen LogP contribution is -2.21. The van der Waals surface area contributed by atoms with Crippen LogP contribution in [0.1, 0.15) is 24.0 Å². The molecule has 18 heavy (non-hydrogen) atoms. The van der Waals surface area contributed by atoms with E-state index in [9.17, 15) is 4.79 Å². The van der Waals surface area contributed by atoms with Gasteiger partial charge in [0.1, 0.15) is 0 Å². The molecule has 0 aromatic heterocycles. The lowest BCUT2D eigenvalue weighted by atomic mass is 10.1. The van der Waals surface area contributed by atoms with E-state index in [0.717, 1.165) is 19.5 Å². The Morgan fingerprint density at radius 2 is 2.00 bits per heavy atom. The number of carbonyl (C=O) groups excluding carboxylic acids is 1. The first-order chi connectivity index (χ1) is 8.67. The summed E-state index contributed by atoms with van der Waals surface area (Å²) in [6.45, 7) is 2.29. The van der Waals surface area contributed by atoms with Crippen LogP contribution in [0.5, 0.6) is 0 Å². The molecule has 0 heterocycles. The van der Waals surface area contributed by atoms with Gasteiger partial charge in [0.15, 0.2) is 0 Å². The third-order valence-electron chi connectivity index (χ3n) is 2.93. The van der Waals surface area contributed by atoms with Crippen molar-refractivity contribution in [3.63, 3.8) is 0 Å². The summed E-state index contributed by atoms with van der Waals surface area (Å²) in [6, 6.07) is 8.18. The first-order valence-electron chi connectivity index (χ1n) is 6.19. The molecule has 0 fully saturated rings. The van der Waals surface area contributed by atoms with Gasteiger partial charge >= 0.3 is 5.97 Å². The van der Waals surface area contributed by atoms with Crippen molar-refractivity contribution in [3.05, 3.63) is 35.4 Å². The van der Waals surface area contributed by atoms with Gasteiger partial charge in [-0.25, -0.2) is 0 Å². The molecule has 2 N–H and O–H groups in total. The van der Waals surface area contributed by atoms with Gasteiger partial charge in [0.05, 0.1) is 7.11 Å². The highest BCUT2D eigenvalue weighted by Crippen LogP contribution is 2.10. The van der Waals surface area contributed by atoms with E-state index in [1.165, 1.54) is 18.2 Å². The van der Waals surface area contributed by atoms with E-state index in [2.05, 4.69) is 21.8 Å². The molecule has 100 valence electrons. The Morgan fingerprint density at radius 1 is 1.33 bits per heavy atom. The molecule has 1 aromatic carbocycles. The minimum atomic E-state index is -0.147. The zero-order valence-electron chi connectivity index (χ0n) is 11.2. The standard InChI is InChI=1S/C14H22N2O2/c1-16(9-5-8-14(17)18-2)11-13-7-4-3-6-12(13)10-15/h3-4,6-7H,5,8-11,15H2,1-2H3. The summed E-state index contributed by atoms with van der Waals surface area (Å²) in [7, 11) is 3.47. The first-order valence-corrected chi connectivity index (χ1v) is 6.19. The van der Waals surface area contributed by atoms with Gasteiger partial charge in [-0.1, -0.05) is 24.3 Å². The maximum Gasteiger partial charge on any atom is 0.305 e. The van der Waals surface area contributed by atoms with Crippen LogP contribution in [-0.2, 0) is 22.6 Å². The lowest BCUT2D eigenvalue weighted by Gasteiger charge is -2.18. The number of nitrogens with two attached hydrogens (primary N) is 1. The second-order valence-corrected chi connectivity index (χ2v) is 4.39. The summed E-state index contributed by atoms with van der Waals surface area (Å²) in [5.74, 6) is -0.147. The van der Waals surface area contributed by atoms with Gasteiger partial charge in [-0.3, -0.25) is 4.79 Å². The van der Waals surface area contributed by atoms with Crippen molar-refractivity contribution in [1.82, 2.24) is 4.90 Å². The van der Waals surface area contributed by atoms with Crippen LogP contribution in [0.2, 0.25) is 0 Å². The molecule has 4 heteroatoms. The molecule has 0 spiro atoms. The molecule has 0 aliphatic heterocycles. The second-order valence-electron chi connectivity index (χ2n) is 4.39. The topological polar surface area (TPSA) is 55.6 Å². The van der Waals surface area contributed by atoms with E-state index >= 15 is 0 Å². The number of benzene rings is 1. The number of rotatable bonds is 7. The molecular formula is C14H22N2O2. The first kappa shape index (κ1) is 14.7. The van der Waals surface area contributed by atoms with Crippen LogP contribution in [0.15, 0.2) is 24.3 Å². The predicted octanol–water partition coefficient (Wildman–Crippen LogP) is 1.53. The minimum Gasteiger partial charge on any atom is -0.469 e. The highest BCUT2D eigenvalue weighted by molar-refractivity contribution is 5.69. The maximum atomic E-state index is 11.0.